The second-order valence-corrected chi connectivity index (χ2v) is 11.1. The Bertz CT molecular complexity index is 1040. The van der Waals surface area contributed by atoms with E-state index in [1.54, 1.807) is 24.3 Å². The zero-order valence-electron chi connectivity index (χ0n) is 17.8. The Kier molecular flexibility index (Phi) is 6.70. The van der Waals surface area contributed by atoms with Gasteiger partial charge in [-0.1, -0.05) is 41.9 Å². The molecule has 1 atom stereocenters. The van der Waals surface area contributed by atoms with Gasteiger partial charge < -0.3 is 5.32 Å². The lowest BCUT2D eigenvalue weighted by Crippen LogP contribution is -2.43. The molecule has 0 spiro atoms. The molecule has 5 nitrogen and oxygen atoms in total. The highest BCUT2D eigenvalue weighted by atomic mass is 35.5. The molecule has 0 saturated carbocycles. The highest BCUT2D eigenvalue weighted by molar-refractivity contribution is 7.88. The summed E-state index contributed by atoms with van der Waals surface area (Å²) < 4.78 is 27.0. The standard InChI is InChI=1S/C24H29ClN2O3S/c1-17(21-8-7-19-3-2-4-22(19)15-21)26-24(28)20-11-13-27(14-12-20)31(29,30)16-18-5-9-23(25)10-6-18/h5-10,15,17,20H,2-4,11-14,16H2,1H3,(H,26,28)/t17-/m0/s1. The zero-order valence-corrected chi connectivity index (χ0v) is 19.4. The molecule has 1 saturated heterocycles. The molecular weight excluding hydrogens is 432 g/mol. The number of sulfonamides is 1. The summed E-state index contributed by atoms with van der Waals surface area (Å²) in [5, 5.41) is 3.72. The molecule has 0 aromatic heterocycles. The molecule has 0 bridgehead atoms. The third-order valence-corrected chi connectivity index (χ3v) is 8.56. The van der Waals surface area contributed by atoms with E-state index in [0.717, 1.165) is 18.4 Å². The Balaban J connectivity index is 1.30. The van der Waals surface area contributed by atoms with E-state index < -0.39 is 10.0 Å². The van der Waals surface area contributed by atoms with Gasteiger partial charge in [-0.05, 0) is 73.4 Å². The third kappa shape index (κ3) is 5.30. The van der Waals surface area contributed by atoms with E-state index in [4.69, 9.17) is 11.6 Å². The fourth-order valence-corrected chi connectivity index (χ4v) is 6.24. The normalized spacial score (nSPS) is 18.5. The number of nitrogens with one attached hydrogen (secondary N) is 1. The van der Waals surface area contributed by atoms with Crippen molar-refractivity contribution in [2.24, 2.45) is 5.92 Å². The summed E-state index contributed by atoms with van der Waals surface area (Å²) in [4.78, 5) is 12.8. The number of halogens is 1. The Morgan fingerprint density at radius 3 is 2.48 bits per heavy atom. The first-order chi connectivity index (χ1) is 14.8. The van der Waals surface area contributed by atoms with Crippen LogP contribution >= 0.6 is 11.6 Å². The fourth-order valence-electron chi connectivity index (χ4n) is 4.55. The molecule has 0 unspecified atom stereocenters. The Labute approximate surface area is 189 Å². The number of nitrogens with zero attached hydrogens (tertiary/aromatic N) is 1. The number of hydrogen-bond donors (Lipinski definition) is 1. The van der Waals surface area contributed by atoms with Crippen LogP contribution in [-0.4, -0.2) is 31.7 Å². The zero-order chi connectivity index (χ0) is 22.0. The predicted octanol–water partition coefficient (Wildman–Crippen LogP) is 4.25. The van der Waals surface area contributed by atoms with Gasteiger partial charge in [0.25, 0.3) is 0 Å². The van der Waals surface area contributed by atoms with Crippen LogP contribution in [0.3, 0.4) is 0 Å². The van der Waals surface area contributed by atoms with Gasteiger partial charge in [0.2, 0.25) is 15.9 Å². The second kappa shape index (κ2) is 9.31. The molecule has 166 valence electrons. The van der Waals surface area contributed by atoms with Crippen molar-refractivity contribution in [3.05, 3.63) is 69.7 Å². The minimum atomic E-state index is -3.41. The van der Waals surface area contributed by atoms with E-state index in [-0.39, 0.29) is 23.6 Å². The topological polar surface area (TPSA) is 66.5 Å². The molecule has 0 radical (unpaired) electrons. The van der Waals surface area contributed by atoms with Gasteiger partial charge in [0.05, 0.1) is 11.8 Å². The number of carbonyl (C=O) groups excluding carboxylic acids is 1. The summed E-state index contributed by atoms with van der Waals surface area (Å²) >= 11 is 5.88. The van der Waals surface area contributed by atoms with Gasteiger partial charge in [0.1, 0.15) is 0 Å². The first-order valence-corrected chi connectivity index (χ1v) is 12.9. The first kappa shape index (κ1) is 22.3. The SMILES string of the molecule is C[C@H](NC(=O)C1CCN(S(=O)(=O)Cc2ccc(Cl)cc2)CC1)c1ccc2c(c1)CCC2. The van der Waals surface area contributed by atoms with E-state index >= 15 is 0 Å². The van der Waals surface area contributed by atoms with E-state index in [1.807, 2.05) is 6.92 Å². The number of rotatable bonds is 6. The van der Waals surface area contributed by atoms with E-state index in [0.29, 0.717) is 36.5 Å². The summed E-state index contributed by atoms with van der Waals surface area (Å²) in [7, 11) is -3.41. The number of fused-ring (bicyclic) bond motifs is 1. The minimum Gasteiger partial charge on any atom is -0.349 e. The minimum absolute atomic E-state index is 0.0164. The molecule has 4 rings (SSSR count). The number of amides is 1. The molecule has 2 aromatic carbocycles. The van der Waals surface area contributed by atoms with Gasteiger partial charge in [-0.3, -0.25) is 4.79 Å². The largest absolute Gasteiger partial charge is 0.349 e. The first-order valence-electron chi connectivity index (χ1n) is 11.0. The monoisotopic (exact) mass is 460 g/mol. The van der Waals surface area contributed by atoms with Crippen molar-refractivity contribution in [1.82, 2.24) is 9.62 Å². The van der Waals surface area contributed by atoms with Crippen molar-refractivity contribution >= 4 is 27.5 Å². The average molecular weight is 461 g/mol. The molecule has 1 fully saturated rings. The van der Waals surface area contributed by atoms with Gasteiger partial charge in [-0.15, -0.1) is 0 Å². The van der Waals surface area contributed by atoms with E-state index in [2.05, 4.69) is 23.5 Å². The van der Waals surface area contributed by atoms with Gasteiger partial charge in [-0.25, -0.2) is 12.7 Å². The number of carbonyl (C=O) groups is 1. The lowest BCUT2D eigenvalue weighted by molar-refractivity contribution is -0.126. The summed E-state index contributed by atoms with van der Waals surface area (Å²) in [6, 6.07) is 13.3. The van der Waals surface area contributed by atoms with E-state index in [1.165, 1.54) is 21.9 Å². The van der Waals surface area contributed by atoms with Gasteiger partial charge in [0.15, 0.2) is 0 Å². The molecular formula is C24H29ClN2O3S. The smallest absolute Gasteiger partial charge is 0.223 e. The molecule has 1 N–H and O–H groups in total. The van der Waals surface area contributed by atoms with Crippen LogP contribution < -0.4 is 5.32 Å². The van der Waals surface area contributed by atoms with Crippen LogP contribution in [0.2, 0.25) is 5.02 Å². The summed E-state index contributed by atoms with van der Waals surface area (Å²) in [6.07, 6.45) is 4.56. The Hall–Kier alpha value is -1.89. The maximum atomic E-state index is 12.8. The van der Waals surface area contributed by atoms with Crippen LogP contribution in [0.1, 0.15) is 54.5 Å². The molecule has 1 aliphatic carbocycles. The second-order valence-electron chi connectivity index (χ2n) is 8.67. The van der Waals surface area contributed by atoms with Crippen molar-refractivity contribution in [1.29, 1.82) is 0 Å². The molecule has 1 amide bonds. The maximum Gasteiger partial charge on any atom is 0.223 e. The van der Waals surface area contributed by atoms with Crippen molar-refractivity contribution < 1.29 is 13.2 Å². The Morgan fingerprint density at radius 1 is 1.10 bits per heavy atom. The average Bonchev–Trinajstić information content (AvgIpc) is 3.23. The van der Waals surface area contributed by atoms with Crippen molar-refractivity contribution in [2.45, 2.75) is 50.8 Å². The van der Waals surface area contributed by atoms with Gasteiger partial charge in [-0.2, -0.15) is 0 Å². The quantitative estimate of drug-likeness (QED) is 0.700. The predicted molar refractivity (Wildman–Crippen MR) is 123 cm³/mol. The van der Waals surface area contributed by atoms with Crippen molar-refractivity contribution in [3.63, 3.8) is 0 Å². The summed E-state index contributed by atoms with van der Waals surface area (Å²) in [5.74, 6) is -0.183. The van der Waals surface area contributed by atoms with Crippen molar-refractivity contribution in [2.75, 3.05) is 13.1 Å². The Morgan fingerprint density at radius 2 is 1.77 bits per heavy atom. The van der Waals surface area contributed by atoms with Crippen molar-refractivity contribution in [3.8, 4) is 0 Å². The number of piperidine rings is 1. The number of aryl methyl sites for hydroxylation is 2. The van der Waals surface area contributed by atoms with E-state index in [9.17, 15) is 13.2 Å². The van der Waals surface area contributed by atoms with Gasteiger partial charge >= 0.3 is 0 Å². The van der Waals surface area contributed by atoms with Crippen LogP contribution in [0.5, 0.6) is 0 Å². The number of hydrogen-bond acceptors (Lipinski definition) is 3. The van der Waals surface area contributed by atoms with Crippen LogP contribution in [0.4, 0.5) is 0 Å². The molecule has 7 heteroatoms. The van der Waals surface area contributed by atoms with Gasteiger partial charge in [0, 0.05) is 24.0 Å². The highest BCUT2D eigenvalue weighted by Crippen LogP contribution is 2.27. The molecule has 2 aromatic rings. The molecule has 2 aliphatic rings. The van der Waals surface area contributed by atoms with Crippen LogP contribution in [0, 0.1) is 5.92 Å². The molecule has 31 heavy (non-hydrogen) atoms. The summed E-state index contributed by atoms with van der Waals surface area (Å²) in [5.41, 5.74) is 4.68. The van der Waals surface area contributed by atoms with Crippen LogP contribution in [0.25, 0.3) is 0 Å². The third-order valence-electron chi connectivity index (χ3n) is 6.46. The molecule has 1 aliphatic heterocycles. The maximum absolute atomic E-state index is 12.8. The lowest BCUT2D eigenvalue weighted by Gasteiger charge is -2.31. The highest BCUT2D eigenvalue weighted by Gasteiger charge is 2.31. The summed E-state index contributed by atoms with van der Waals surface area (Å²) in [6.45, 7) is 2.77. The molecule has 1 heterocycles. The number of benzene rings is 2. The fraction of sp³-hybridized carbons (Fsp3) is 0.458. The van der Waals surface area contributed by atoms with Crippen LogP contribution in [0.15, 0.2) is 42.5 Å². The lowest BCUT2D eigenvalue weighted by atomic mass is 9.96. The van der Waals surface area contributed by atoms with Crippen LogP contribution in [-0.2, 0) is 33.4 Å².